The summed E-state index contributed by atoms with van der Waals surface area (Å²) in [5.41, 5.74) is 0. The lowest BCUT2D eigenvalue weighted by molar-refractivity contribution is 0.0267. The Balaban J connectivity index is 2.23. The van der Waals surface area contributed by atoms with Crippen LogP contribution in [0.2, 0.25) is 0 Å². The van der Waals surface area contributed by atoms with E-state index < -0.39 is 0 Å². The number of hydrogen-bond donors (Lipinski definition) is 0. The van der Waals surface area contributed by atoms with Crippen LogP contribution in [0.15, 0.2) is 0 Å². The van der Waals surface area contributed by atoms with Crippen LogP contribution in [-0.4, -0.2) is 25.6 Å². The Labute approximate surface area is 56.8 Å². The van der Waals surface area contributed by atoms with Crippen molar-refractivity contribution >= 4 is 0 Å². The van der Waals surface area contributed by atoms with Gasteiger partial charge in [-0.25, -0.2) is 0 Å². The second-order valence-electron chi connectivity index (χ2n) is 2.59. The Bertz CT molecular complexity index is 77.0. The lowest BCUT2D eigenvalue weighted by atomic mass is 10.2. The predicted molar refractivity (Wildman–Crippen MR) is 36.7 cm³/mol. The highest BCUT2D eigenvalue weighted by Crippen LogP contribution is 2.20. The molecule has 1 rings (SSSR count). The Morgan fingerprint density at radius 3 is 2.44 bits per heavy atom. The van der Waals surface area contributed by atoms with Crippen molar-refractivity contribution in [3.8, 4) is 0 Å². The largest absolute Gasteiger partial charge is 0.356 e. The fourth-order valence-corrected chi connectivity index (χ4v) is 0.993. The van der Waals surface area contributed by atoms with Gasteiger partial charge in [0.05, 0.1) is 0 Å². The Morgan fingerprint density at radius 2 is 2.11 bits per heavy atom. The van der Waals surface area contributed by atoms with E-state index in [0.717, 1.165) is 19.3 Å². The van der Waals surface area contributed by atoms with E-state index in [-0.39, 0.29) is 0 Å². The van der Waals surface area contributed by atoms with Crippen molar-refractivity contribution in [1.82, 2.24) is 4.90 Å². The van der Waals surface area contributed by atoms with E-state index in [0.29, 0.717) is 0 Å². The standard InChI is InChI=1S/C7H14NO/c1-8(2)7-5-3-4-6-9-7/h3-6H2,1-2H3. The van der Waals surface area contributed by atoms with Crippen LogP contribution >= 0.6 is 0 Å². The molecule has 0 saturated carbocycles. The maximum Gasteiger partial charge on any atom is 0.164 e. The third-order valence-electron chi connectivity index (χ3n) is 1.55. The van der Waals surface area contributed by atoms with Gasteiger partial charge in [-0.15, -0.1) is 0 Å². The summed E-state index contributed by atoms with van der Waals surface area (Å²) in [5.74, 6) is 0. The summed E-state index contributed by atoms with van der Waals surface area (Å²) in [6.45, 7) is 0.910. The van der Waals surface area contributed by atoms with Gasteiger partial charge in [-0.3, -0.25) is 4.90 Å². The van der Waals surface area contributed by atoms with Crippen LogP contribution in [0, 0.1) is 6.23 Å². The molecule has 0 aromatic rings. The van der Waals surface area contributed by atoms with Crippen LogP contribution in [0.3, 0.4) is 0 Å². The SMILES string of the molecule is CN(C)[C]1CCCCO1. The predicted octanol–water partition coefficient (Wildman–Crippen LogP) is 1.24. The molecule has 1 saturated heterocycles. The first-order valence-electron chi connectivity index (χ1n) is 3.46. The second kappa shape index (κ2) is 3.18. The Morgan fingerprint density at radius 1 is 1.33 bits per heavy atom. The van der Waals surface area contributed by atoms with Gasteiger partial charge in [-0.2, -0.15) is 0 Å². The van der Waals surface area contributed by atoms with E-state index in [1.807, 2.05) is 14.1 Å². The van der Waals surface area contributed by atoms with Crippen molar-refractivity contribution in [2.45, 2.75) is 19.3 Å². The van der Waals surface area contributed by atoms with Gasteiger partial charge in [-0.05, 0) is 33.4 Å². The van der Waals surface area contributed by atoms with Crippen LogP contribution in [0.5, 0.6) is 0 Å². The lowest BCUT2D eigenvalue weighted by Crippen LogP contribution is -2.25. The highest BCUT2D eigenvalue weighted by atomic mass is 16.5. The van der Waals surface area contributed by atoms with Gasteiger partial charge in [-0.1, -0.05) is 0 Å². The first kappa shape index (κ1) is 7.03. The van der Waals surface area contributed by atoms with Crippen molar-refractivity contribution in [3.05, 3.63) is 6.23 Å². The minimum absolute atomic E-state index is 0.910. The molecule has 0 atom stereocenters. The molecular formula is C7H14NO. The molecule has 53 valence electrons. The molecule has 0 aromatic carbocycles. The van der Waals surface area contributed by atoms with Gasteiger partial charge in [0.1, 0.15) is 0 Å². The summed E-state index contributed by atoms with van der Waals surface area (Å²) < 4.78 is 5.38. The highest BCUT2D eigenvalue weighted by molar-refractivity contribution is 4.77. The maximum atomic E-state index is 5.38. The number of nitrogens with zero attached hydrogens (tertiary/aromatic N) is 1. The molecule has 2 nitrogen and oxygen atoms in total. The van der Waals surface area contributed by atoms with E-state index in [2.05, 4.69) is 4.90 Å². The minimum atomic E-state index is 0.910. The molecule has 0 spiro atoms. The molecule has 0 aromatic heterocycles. The summed E-state index contributed by atoms with van der Waals surface area (Å²) >= 11 is 0. The van der Waals surface area contributed by atoms with Crippen molar-refractivity contribution in [3.63, 3.8) is 0 Å². The molecular weight excluding hydrogens is 114 g/mol. The second-order valence-corrected chi connectivity index (χ2v) is 2.59. The molecule has 1 heterocycles. The average molecular weight is 128 g/mol. The molecule has 0 N–H and O–H groups in total. The summed E-state index contributed by atoms with van der Waals surface area (Å²) in [6.07, 6.45) is 4.76. The Hall–Kier alpha value is -0.0800. The summed E-state index contributed by atoms with van der Waals surface area (Å²) in [4.78, 5) is 2.05. The van der Waals surface area contributed by atoms with Crippen LogP contribution in [0.4, 0.5) is 0 Å². The smallest absolute Gasteiger partial charge is 0.164 e. The minimum Gasteiger partial charge on any atom is -0.356 e. The normalized spacial score (nSPS) is 23.0. The van der Waals surface area contributed by atoms with Crippen molar-refractivity contribution in [2.75, 3.05) is 20.7 Å². The molecule has 1 aliphatic heterocycles. The number of hydrogen-bond acceptors (Lipinski definition) is 2. The maximum absolute atomic E-state index is 5.38. The molecule has 0 unspecified atom stereocenters. The first-order valence-corrected chi connectivity index (χ1v) is 3.46. The van der Waals surface area contributed by atoms with Crippen LogP contribution in [-0.2, 0) is 4.74 Å². The molecule has 9 heavy (non-hydrogen) atoms. The molecule has 1 aliphatic rings. The monoisotopic (exact) mass is 128 g/mol. The Kier molecular flexibility index (Phi) is 2.49. The molecule has 2 heteroatoms. The van der Waals surface area contributed by atoms with Gasteiger partial charge in [0, 0.05) is 6.61 Å². The topological polar surface area (TPSA) is 12.5 Å². The molecule has 0 aliphatic carbocycles. The highest BCUT2D eigenvalue weighted by Gasteiger charge is 2.16. The van der Waals surface area contributed by atoms with E-state index in [9.17, 15) is 0 Å². The van der Waals surface area contributed by atoms with E-state index in [1.54, 1.807) is 0 Å². The number of rotatable bonds is 1. The van der Waals surface area contributed by atoms with E-state index in [1.165, 1.54) is 12.8 Å². The average Bonchev–Trinajstić information content (AvgIpc) is 1.90. The molecule has 1 fully saturated rings. The van der Waals surface area contributed by atoms with Gasteiger partial charge >= 0.3 is 0 Å². The zero-order valence-electron chi connectivity index (χ0n) is 6.18. The summed E-state index contributed by atoms with van der Waals surface area (Å²) in [6, 6.07) is 0. The van der Waals surface area contributed by atoms with Crippen LogP contribution in [0.1, 0.15) is 19.3 Å². The quantitative estimate of drug-likeness (QED) is 0.526. The summed E-state index contributed by atoms with van der Waals surface area (Å²) in [7, 11) is 4.06. The van der Waals surface area contributed by atoms with Crippen LogP contribution in [0.25, 0.3) is 0 Å². The molecule has 0 amide bonds. The van der Waals surface area contributed by atoms with Gasteiger partial charge < -0.3 is 4.74 Å². The van der Waals surface area contributed by atoms with Crippen LogP contribution < -0.4 is 0 Å². The van der Waals surface area contributed by atoms with Gasteiger partial charge in [0.2, 0.25) is 0 Å². The van der Waals surface area contributed by atoms with Gasteiger partial charge in [0.25, 0.3) is 0 Å². The van der Waals surface area contributed by atoms with E-state index >= 15 is 0 Å². The molecule has 1 radical (unpaired) electrons. The zero-order chi connectivity index (χ0) is 6.69. The van der Waals surface area contributed by atoms with Crippen molar-refractivity contribution in [2.24, 2.45) is 0 Å². The molecule has 0 bridgehead atoms. The third kappa shape index (κ3) is 1.95. The van der Waals surface area contributed by atoms with Crippen molar-refractivity contribution in [1.29, 1.82) is 0 Å². The third-order valence-corrected chi connectivity index (χ3v) is 1.55. The van der Waals surface area contributed by atoms with Gasteiger partial charge in [0.15, 0.2) is 6.23 Å². The fourth-order valence-electron chi connectivity index (χ4n) is 0.993. The summed E-state index contributed by atoms with van der Waals surface area (Å²) in [5, 5.41) is 0. The van der Waals surface area contributed by atoms with E-state index in [4.69, 9.17) is 4.74 Å². The first-order chi connectivity index (χ1) is 4.30. The lowest BCUT2D eigenvalue weighted by Gasteiger charge is -2.26. The van der Waals surface area contributed by atoms with Crippen molar-refractivity contribution < 1.29 is 4.74 Å². The number of ether oxygens (including phenoxy) is 1. The fraction of sp³-hybridized carbons (Fsp3) is 0.857. The zero-order valence-corrected chi connectivity index (χ0v) is 6.18.